The lowest BCUT2D eigenvalue weighted by molar-refractivity contribution is 0.0526. The minimum absolute atomic E-state index is 0.149. The summed E-state index contributed by atoms with van der Waals surface area (Å²) in [6.07, 6.45) is 3.26. The Balaban J connectivity index is 1.91. The molecule has 3 rings (SSSR count). The monoisotopic (exact) mass is 450 g/mol. The fraction of sp³-hybridized carbons (Fsp3) is 0.333. The summed E-state index contributed by atoms with van der Waals surface area (Å²) < 4.78 is 72.7. The molecular formula is C18H15F5N2O2S2. The first-order chi connectivity index (χ1) is 13.8. The van der Waals surface area contributed by atoms with Gasteiger partial charge in [0.15, 0.2) is 28.4 Å². The third kappa shape index (κ3) is 4.06. The maximum Gasteiger partial charge on any atom is 0.341 e. The van der Waals surface area contributed by atoms with Gasteiger partial charge in [0.05, 0.1) is 12.2 Å². The van der Waals surface area contributed by atoms with Crippen molar-refractivity contribution in [3.05, 3.63) is 45.1 Å². The van der Waals surface area contributed by atoms with Crippen molar-refractivity contribution >= 4 is 45.3 Å². The van der Waals surface area contributed by atoms with Crippen LogP contribution in [0.4, 0.5) is 32.6 Å². The molecule has 1 aromatic carbocycles. The molecular weight excluding hydrogens is 435 g/mol. The van der Waals surface area contributed by atoms with Crippen LogP contribution < -0.4 is 10.6 Å². The molecule has 0 unspecified atom stereocenters. The quantitative estimate of drug-likeness (QED) is 0.217. The van der Waals surface area contributed by atoms with E-state index in [4.69, 9.17) is 17.0 Å². The van der Waals surface area contributed by atoms with Gasteiger partial charge in [-0.15, -0.1) is 11.3 Å². The van der Waals surface area contributed by atoms with Crippen molar-refractivity contribution in [2.45, 2.75) is 32.6 Å². The molecule has 0 fully saturated rings. The van der Waals surface area contributed by atoms with E-state index in [9.17, 15) is 26.7 Å². The standard InChI is InChI=1S/C18H15F5N2O2S2/c1-2-27-17(26)9-7-5-3-4-6-8(7)29-16(9)25-18(28)24-15-13(22)11(20)10(19)12(21)14(15)23/h2-6H2,1H3,(H2,24,25,28). The van der Waals surface area contributed by atoms with Crippen molar-refractivity contribution in [2.24, 2.45) is 0 Å². The van der Waals surface area contributed by atoms with Gasteiger partial charge in [0.1, 0.15) is 10.7 Å². The van der Waals surface area contributed by atoms with Crippen LogP contribution in [0, 0.1) is 29.1 Å². The Bertz CT molecular complexity index is 964. The zero-order valence-corrected chi connectivity index (χ0v) is 16.7. The van der Waals surface area contributed by atoms with Crippen LogP contribution >= 0.6 is 23.6 Å². The van der Waals surface area contributed by atoms with Gasteiger partial charge in [-0.25, -0.2) is 26.7 Å². The smallest absolute Gasteiger partial charge is 0.341 e. The summed E-state index contributed by atoms with van der Waals surface area (Å²) >= 11 is 6.21. The predicted molar refractivity (Wildman–Crippen MR) is 103 cm³/mol. The molecule has 156 valence electrons. The highest BCUT2D eigenvalue weighted by Gasteiger charge is 2.29. The van der Waals surface area contributed by atoms with Crippen molar-refractivity contribution in [2.75, 3.05) is 17.2 Å². The van der Waals surface area contributed by atoms with E-state index in [0.29, 0.717) is 6.42 Å². The first-order valence-corrected chi connectivity index (χ1v) is 9.89. The molecule has 0 atom stereocenters. The van der Waals surface area contributed by atoms with Gasteiger partial charge in [-0.3, -0.25) is 0 Å². The van der Waals surface area contributed by atoms with E-state index in [0.717, 1.165) is 29.7 Å². The van der Waals surface area contributed by atoms with Crippen LogP contribution in [0.3, 0.4) is 0 Å². The highest BCUT2D eigenvalue weighted by Crippen LogP contribution is 2.39. The number of esters is 1. The SMILES string of the molecule is CCOC(=O)c1c(NC(=S)Nc2c(F)c(F)c(F)c(F)c2F)sc2c1CCCC2. The average Bonchev–Trinajstić information content (AvgIpc) is 3.06. The molecule has 0 saturated heterocycles. The minimum Gasteiger partial charge on any atom is -0.462 e. The lowest BCUT2D eigenvalue weighted by Crippen LogP contribution is -2.23. The van der Waals surface area contributed by atoms with Gasteiger partial charge in [-0.1, -0.05) is 0 Å². The van der Waals surface area contributed by atoms with E-state index in [1.54, 1.807) is 6.92 Å². The zero-order valence-electron chi connectivity index (χ0n) is 15.1. The Morgan fingerprint density at radius 2 is 1.59 bits per heavy atom. The van der Waals surface area contributed by atoms with Crippen LogP contribution in [0.15, 0.2) is 0 Å². The number of benzene rings is 1. The number of thiocarbonyl (C=S) groups is 1. The van der Waals surface area contributed by atoms with Crippen molar-refractivity contribution < 1.29 is 31.5 Å². The van der Waals surface area contributed by atoms with Gasteiger partial charge in [-0.05, 0) is 50.4 Å². The summed E-state index contributed by atoms with van der Waals surface area (Å²) in [5, 5.41) is 4.48. The number of aryl methyl sites for hydroxylation is 1. The molecule has 1 aliphatic rings. The molecule has 1 aliphatic carbocycles. The molecule has 4 nitrogen and oxygen atoms in total. The molecule has 0 spiro atoms. The predicted octanol–water partition coefficient (Wildman–Crippen LogP) is 5.31. The van der Waals surface area contributed by atoms with Crippen LogP contribution in [0.5, 0.6) is 0 Å². The second-order valence-corrected chi connectivity index (χ2v) is 7.67. The van der Waals surface area contributed by atoms with Gasteiger partial charge < -0.3 is 15.4 Å². The number of hydrogen-bond donors (Lipinski definition) is 2. The Labute approximate surface area is 172 Å². The Morgan fingerprint density at radius 1 is 1.00 bits per heavy atom. The Morgan fingerprint density at radius 3 is 2.21 bits per heavy atom. The lowest BCUT2D eigenvalue weighted by atomic mass is 9.95. The van der Waals surface area contributed by atoms with E-state index in [-0.39, 0.29) is 17.2 Å². The van der Waals surface area contributed by atoms with Crippen molar-refractivity contribution in [1.29, 1.82) is 0 Å². The number of fused-ring (bicyclic) bond motifs is 1. The normalized spacial score (nSPS) is 13.0. The van der Waals surface area contributed by atoms with E-state index in [1.807, 2.05) is 5.32 Å². The van der Waals surface area contributed by atoms with Crippen LogP contribution in [-0.2, 0) is 17.6 Å². The molecule has 2 N–H and O–H groups in total. The van der Waals surface area contributed by atoms with E-state index in [1.165, 1.54) is 11.3 Å². The summed E-state index contributed by atoms with van der Waals surface area (Å²) in [4.78, 5) is 13.4. The highest BCUT2D eigenvalue weighted by molar-refractivity contribution is 7.80. The third-order valence-corrected chi connectivity index (χ3v) is 5.74. The largest absolute Gasteiger partial charge is 0.462 e. The van der Waals surface area contributed by atoms with E-state index >= 15 is 0 Å². The second-order valence-electron chi connectivity index (χ2n) is 6.16. The third-order valence-electron chi connectivity index (χ3n) is 4.33. The molecule has 1 heterocycles. The summed E-state index contributed by atoms with van der Waals surface area (Å²) in [5.41, 5.74) is -0.188. The van der Waals surface area contributed by atoms with Gasteiger partial charge in [0.2, 0.25) is 5.82 Å². The summed E-state index contributed by atoms with van der Waals surface area (Å²) in [6.45, 7) is 1.80. The molecule has 1 aromatic heterocycles. The molecule has 0 aliphatic heterocycles. The summed E-state index contributed by atoms with van der Waals surface area (Å²) in [7, 11) is 0. The topological polar surface area (TPSA) is 50.4 Å². The van der Waals surface area contributed by atoms with Crippen LogP contribution in [0.25, 0.3) is 0 Å². The van der Waals surface area contributed by atoms with E-state index < -0.39 is 45.9 Å². The maximum absolute atomic E-state index is 13.9. The molecule has 0 saturated carbocycles. The fourth-order valence-corrected chi connectivity index (χ4v) is 4.59. The van der Waals surface area contributed by atoms with Crippen LogP contribution in [0.2, 0.25) is 0 Å². The lowest BCUT2D eigenvalue weighted by Gasteiger charge is -2.14. The Kier molecular flexibility index (Phi) is 6.37. The number of hydrogen-bond acceptors (Lipinski definition) is 4. The molecule has 0 amide bonds. The molecule has 0 bridgehead atoms. The van der Waals surface area contributed by atoms with Gasteiger partial charge in [0.25, 0.3) is 0 Å². The number of carbonyl (C=O) groups is 1. The van der Waals surface area contributed by atoms with Crippen molar-refractivity contribution in [3.63, 3.8) is 0 Å². The average molecular weight is 450 g/mol. The van der Waals surface area contributed by atoms with Gasteiger partial charge in [0, 0.05) is 4.88 Å². The fourth-order valence-electron chi connectivity index (χ4n) is 3.04. The number of nitrogens with one attached hydrogen (secondary N) is 2. The number of carbonyl (C=O) groups excluding carboxylic acids is 1. The van der Waals surface area contributed by atoms with Gasteiger partial charge >= 0.3 is 5.97 Å². The minimum atomic E-state index is -2.26. The summed E-state index contributed by atoms with van der Waals surface area (Å²) in [5.74, 6) is -11.1. The number of halogens is 5. The molecule has 0 radical (unpaired) electrons. The first-order valence-electron chi connectivity index (χ1n) is 8.67. The Hall–Kier alpha value is -2.27. The van der Waals surface area contributed by atoms with E-state index in [2.05, 4.69) is 5.32 Å². The first kappa shape index (κ1) is 21.4. The van der Waals surface area contributed by atoms with Crippen molar-refractivity contribution in [1.82, 2.24) is 0 Å². The maximum atomic E-state index is 13.9. The van der Waals surface area contributed by atoms with Crippen molar-refractivity contribution in [3.8, 4) is 0 Å². The molecule has 29 heavy (non-hydrogen) atoms. The summed E-state index contributed by atoms with van der Waals surface area (Å²) in [6, 6.07) is 0. The molecule has 2 aromatic rings. The number of thiophene rings is 1. The zero-order chi connectivity index (χ0) is 21.3. The van der Waals surface area contributed by atoms with Crippen LogP contribution in [-0.4, -0.2) is 17.7 Å². The number of anilines is 2. The highest BCUT2D eigenvalue weighted by atomic mass is 32.1. The molecule has 11 heteroatoms. The number of rotatable bonds is 4. The van der Waals surface area contributed by atoms with Crippen LogP contribution in [0.1, 0.15) is 40.6 Å². The second kappa shape index (κ2) is 8.62. The number of ether oxygens (including phenoxy) is 1. The van der Waals surface area contributed by atoms with Gasteiger partial charge in [-0.2, -0.15) is 0 Å².